The van der Waals surface area contributed by atoms with Gasteiger partial charge in [0.2, 0.25) is 0 Å². The van der Waals surface area contributed by atoms with E-state index in [1.165, 1.54) is 11.6 Å². The average Bonchev–Trinajstić information content (AvgIpc) is 3.53. The zero-order valence-corrected chi connectivity index (χ0v) is 18.2. The maximum atomic E-state index is 14.7. The van der Waals surface area contributed by atoms with Gasteiger partial charge in [0.25, 0.3) is 0 Å². The number of hydrogen-bond donors (Lipinski definition) is 1. The van der Waals surface area contributed by atoms with Gasteiger partial charge in [0.15, 0.2) is 18.2 Å². The molecule has 0 amide bonds. The monoisotopic (exact) mass is 458 g/mol. The van der Waals surface area contributed by atoms with E-state index >= 15 is 0 Å². The molecule has 2 aliphatic heterocycles. The molecule has 34 heavy (non-hydrogen) atoms. The zero-order valence-electron chi connectivity index (χ0n) is 18.2. The maximum Gasteiger partial charge on any atom is 0.494 e. The van der Waals surface area contributed by atoms with E-state index in [0.29, 0.717) is 17.1 Å². The molecule has 8 heteroatoms. The van der Waals surface area contributed by atoms with E-state index in [-0.39, 0.29) is 17.8 Å². The van der Waals surface area contributed by atoms with Crippen molar-refractivity contribution in [2.24, 2.45) is 0 Å². The molecule has 6 nitrogen and oxygen atoms in total. The van der Waals surface area contributed by atoms with Gasteiger partial charge in [0.05, 0.1) is 6.61 Å². The Morgan fingerprint density at radius 1 is 1.12 bits per heavy atom. The lowest BCUT2D eigenvalue weighted by atomic mass is 9.79. The van der Waals surface area contributed by atoms with Gasteiger partial charge in [-0.15, -0.1) is 0 Å². The summed E-state index contributed by atoms with van der Waals surface area (Å²) in [5.41, 5.74) is 4.42. The second-order valence-corrected chi connectivity index (χ2v) is 8.52. The number of carbonyl (C=O) groups excluding carboxylic acids is 1. The highest BCUT2D eigenvalue weighted by Gasteiger charge is 2.33. The van der Waals surface area contributed by atoms with E-state index in [1.807, 2.05) is 24.3 Å². The van der Waals surface area contributed by atoms with Crippen LogP contribution < -0.4 is 10.2 Å². The van der Waals surface area contributed by atoms with Crippen LogP contribution >= 0.6 is 0 Å². The molecule has 0 unspecified atom stereocenters. The second-order valence-electron chi connectivity index (χ2n) is 8.52. The average molecular weight is 458 g/mol. The van der Waals surface area contributed by atoms with Crippen LogP contribution in [0.3, 0.4) is 0 Å². The van der Waals surface area contributed by atoms with Crippen LogP contribution in [0, 0.1) is 5.82 Å². The summed E-state index contributed by atoms with van der Waals surface area (Å²) in [6.07, 6.45) is 16.4. The van der Waals surface area contributed by atoms with Gasteiger partial charge < -0.3 is 23.9 Å². The fourth-order valence-corrected chi connectivity index (χ4v) is 4.61. The van der Waals surface area contributed by atoms with Crippen LogP contribution in [-0.2, 0) is 25.5 Å². The van der Waals surface area contributed by atoms with Crippen LogP contribution in [-0.4, -0.2) is 24.7 Å². The van der Waals surface area contributed by atoms with Crippen LogP contribution in [0.1, 0.15) is 24.8 Å². The van der Waals surface area contributed by atoms with E-state index in [9.17, 15) is 14.2 Å². The Morgan fingerprint density at radius 2 is 2.03 bits per heavy atom. The molecule has 0 fully saturated rings. The van der Waals surface area contributed by atoms with Crippen molar-refractivity contribution >= 4 is 18.6 Å². The molecule has 0 atom stereocenters. The molecular weight excluding hydrogens is 438 g/mol. The Morgan fingerprint density at radius 3 is 2.94 bits per heavy atom. The van der Waals surface area contributed by atoms with Crippen molar-refractivity contribution in [1.29, 1.82) is 0 Å². The molecule has 170 valence electrons. The molecule has 6 rings (SSSR count). The summed E-state index contributed by atoms with van der Waals surface area (Å²) in [4.78, 5) is 12.6. The summed E-state index contributed by atoms with van der Waals surface area (Å²) in [5, 5.41) is 9.80. The molecule has 3 aliphatic carbocycles. The molecular formula is C26H20BFO6. The van der Waals surface area contributed by atoms with Crippen molar-refractivity contribution in [3.63, 3.8) is 0 Å². The number of benzene rings is 1. The minimum Gasteiger partial charge on any atom is -0.479 e. The van der Waals surface area contributed by atoms with E-state index in [1.54, 1.807) is 18.2 Å². The maximum absolute atomic E-state index is 14.7. The molecule has 1 aromatic rings. The fraction of sp³-hybridized carbons (Fsp3) is 0.192. The van der Waals surface area contributed by atoms with Gasteiger partial charge in [0.1, 0.15) is 17.3 Å². The van der Waals surface area contributed by atoms with Crippen molar-refractivity contribution in [2.75, 3.05) is 6.61 Å². The molecule has 1 aromatic carbocycles. The third-order valence-electron chi connectivity index (χ3n) is 6.28. The Bertz CT molecular complexity index is 1330. The zero-order chi connectivity index (χ0) is 23.2. The summed E-state index contributed by atoms with van der Waals surface area (Å²) < 4.78 is 36.9. The highest BCUT2D eigenvalue weighted by Crippen LogP contribution is 2.39. The molecule has 0 saturated heterocycles. The van der Waals surface area contributed by atoms with Crippen molar-refractivity contribution in [2.45, 2.75) is 25.9 Å². The first-order chi connectivity index (χ1) is 16.5. The van der Waals surface area contributed by atoms with Crippen LogP contribution in [0.2, 0.25) is 0 Å². The standard InChI is InChI=1S/C26H20BFO6/c28-26-22(8-7-18-13-32-27(30)25(18)26)31-14-24(29)33-20-10-15-3-1-4-16(15)12-23-19(11-20)9-17-5-2-6-21(17)34-23/h1,3-4,7-12,30H,2,5-6,13-14H2/b15-10-,20-11+,23-12+. The predicted molar refractivity (Wildman–Crippen MR) is 122 cm³/mol. The van der Waals surface area contributed by atoms with Crippen molar-refractivity contribution in [3.8, 4) is 5.75 Å². The molecule has 0 radical (unpaired) electrons. The number of esters is 1. The van der Waals surface area contributed by atoms with Crippen molar-refractivity contribution in [1.82, 2.24) is 0 Å². The van der Waals surface area contributed by atoms with Gasteiger partial charge in [-0.25, -0.2) is 9.18 Å². The predicted octanol–water partition coefficient (Wildman–Crippen LogP) is 3.56. The number of rotatable bonds is 4. The van der Waals surface area contributed by atoms with Gasteiger partial charge >= 0.3 is 13.1 Å². The molecule has 1 N–H and O–H groups in total. The van der Waals surface area contributed by atoms with E-state index in [0.717, 1.165) is 41.7 Å². The number of hydrogen-bond acceptors (Lipinski definition) is 6. The number of fused-ring (bicyclic) bond motifs is 3. The van der Waals surface area contributed by atoms with Gasteiger partial charge in [-0.3, -0.25) is 0 Å². The SMILES string of the molecule is O=C(COc1ccc2c(c1F)B(O)OC2)OC1=C/C2=CC3=C(CCC3)O/C2=C/C2=CC=C\C2=C\1. The third kappa shape index (κ3) is 3.75. The molecule has 0 aromatic heterocycles. The topological polar surface area (TPSA) is 74.2 Å². The van der Waals surface area contributed by atoms with Gasteiger partial charge in [-0.05, 0) is 65.5 Å². The minimum atomic E-state index is -1.34. The summed E-state index contributed by atoms with van der Waals surface area (Å²) in [7, 11) is -1.34. The summed E-state index contributed by atoms with van der Waals surface area (Å²) in [6, 6.07) is 3.02. The lowest BCUT2D eigenvalue weighted by Crippen LogP contribution is -2.31. The third-order valence-corrected chi connectivity index (χ3v) is 6.28. The Kier molecular flexibility index (Phi) is 5.12. The van der Waals surface area contributed by atoms with Crippen molar-refractivity contribution < 1.29 is 33.1 Å². The van der Waals surface area contributed by atoms with Crippen molar-refractivity contribution in [3.05, 3.63) is 106 Å². The first kappa shape index (κ1) is 21.0. The second kappa shape index (κ2) is 8.31. The quantitative estimate of drug-likeness (QED) is 0.550. The number of allylic oxidation sites excluding steroid dienone is 11. The largest absolute Gasteiger partial charge is 0.494 e. The van der Waals surface area contributed by atoms with Gasteiger partial charge in [0, 0.05) is 17.5 Å². The normalized spacial score (nSPS) is 24.5. The number of carbonyl (C=O) groups is 1. The van der Waals surface area contributed by atoms with E-state index in [4.69, 9.17) is 18.9 Å². The molecule has 0 bridgehead atoms. The highest BCUT2D eigenvalue weighted by molar-refractivity contribution is 6.61. The first-order valence-corrected chi connectivity index (χ1v) is 11.2. The number of ether oxygens (including phenoxy) is 3. The molecule has 5 aliphatic rings. The lowest BCUT2D eigenvalue weighted by Gasteiger charge is -2.21. The highest BCUT2D eigenvalue weighted by atomic mass is 19.1. The summed E-state index contributed by atoms with van der Waals surface area (Å²) in [6.45, 7) is -0.378. The van der Waals surface area contributed by atoms with Gasteiger partial charge in [-0.1, -0.05) is 24.3 Å². The van der Waals surface area contributed by atoms with E-state index in [2.05, 4.69) is 6.08 Å². The molecule has 2 heterocycles. The van der Waals surface area contributed by atoms with Crippen LogP contribution in [0.25, 0.3) is 0 Å². The van der Waals surface area contributed by atoms with Crippen LogP contribution in [0.5, 0.6) is 5.75 Å². The Labute approximate surface area is 195 Å². The smallest absolute Gasteiger partial charge is 0.479 e. The summed E-state index contributed by atoms with van der Waals surface area (Å²) >= 11 is 0. The van der Waals surface area contributed by atoms with Crippen LogP contribution in [0.15, 0.2) is 94.2 Å². The lowest BCUT2D eigenvalue weighted by molar-refractivity contribution is -0.141. The van der Waals surface area contributed by atoms with E-state index < -0.39 is 25.5 Å². The molecule has 0 saturated carbocycles. The number of halogens is 1. The Balaban J connectivity index is 1.23. The first-order valence-electron chi connectivity index (χ1n) is 11.2. The Hall–Kier alpha value is -3.62. The minimum absolute atomic E-state index is 0.0369. The van der Waals surface area contributed by atoms with Crippen LogP contribution in [0.4, 0.5) is 4.39 Å². The van der Waals surface area contributed by atoms with Gasteiger partial charge in [-0.2, -0.15) is 0 Å². The molecule has 0 spiro atoms. The fourth-order valence-electron chi connectivity index (χ4n) is 4.61. The summed E-state index contributed by atoms with van der Waals surface area (Å²) in [5.74, 6) is 0.474.